The van der Waals surface area contributed by atoms with E-state index >= 15 is 0 Å². The zero-order chi connectivity index (χ0) is 14.1. The van der Waals surface area contributed by atoms with E-state index in [2.05, 4.69) is 10.3 Å². The summed E-state index contributed by atoms with van der Waals surface area (Å²) in [5, 5.41) is 3.55. The zero-order valence-electron chi connectivity index (χ0n) is 10.9. The Kier molecular flexibility index (Phi) is 2.99. The van der Waals surface area contributed by atoms with Crippen LogP contribution in [-0.4, -0.2) is 10.9 Å². The third kappa shape index (κ3) is 2.16. The Bertz CT molecular complexity index is 792. The number of fused-ring (bicyclic) bond motifs is 1. The fourth-order valence-corrected chi connectivity index (χ4v) is 2.19. The van der Waals surface area contributed by atoms with E-state index in [4.69, 9.17) is 0 Å². The van der Waals surface area contributed by atoms with Gasteiger partial charge in [-0.15, -0.1) is 0 Å². The number of hydrogen-bond donors (Lipinski definition) is 2. The largest absolute Gasteiger partial charge is 0.361 e. The molecule has 1 heterocycles. The summed E-state index contributed by atoms with van der Waals surface area (Å²) < 4.78 is 13.8. The molecule has 0 fully saturated rings. The van der Waals surface area contributed by atoms with Crippen LogP contribution < -0.4 is 5.32 Å². The summed E-state index contributed by atoms with van der Waals surface area (Å²) in [6.45, 7) is 1.80. The molecular formula is C16H13FN2O. The average Bonchev–Trinajstić information content (AvgIpc) is 2.90. The molecule has 3 aromatic rings. The van der Waals surface area contributed by atoms with Crippen molar-refractivity contribution in [3.8, 4) is 0 Å². The minimum Gasteiger partial charge on any atom is -0.361 e. The molecule has 0 radical (unpaired) electrons. The van der Waals surface area contributed by atoms with Crippen LogP contribution in [0.3, 0.4) is 0 Å². The van der Waals surface area contributed by atoms with Crippen molar-refractivity contribution in [2.45, 2.75) is 6.92 Å². The maximum atomic E-state index is 13.8. The lowest BCUT2D eigenvalue weighted by molar-refractivity contribution is 0.102. The van der Waals surface area contributed by atoms with Crippen LogP contribution in [0.5, 0.6) is 0 Å². The van der Waals surface area contributed by atoms with Gasteiger partial charge in [0.1, 0.15) is 5.82 Å². The molecule has 20 heavy (non-hydrogen) atoms. The first-order chi connectivity index (χ1) is 9.65. The van der Waals surface area contributed by atoms with E-state index in [0.29, 0.717) is 5.56 Å². The minimum absolute atomic E-state index is 0.184. The number of rotatable bonds is 2. The van der Waals surface area contributed by atoms with Crippen LogP contribution in [0.1, 0.15) is 15.9 Å². The normalized spacial score (nSPS) is 10.7. The van der Waals surface area contributed by atoms with Gasteiger partial charge in [-0.05, 0) is 36.8 Å². The molecule has 2 N–H and O–H groups in total. The topological polar surface area (TPSA) is 44.9 Å². The smallest absolute Gasteiger partial charge is 0.257 e. The fourth-order valence-electron chi connectivity index (χ4n) is 2.19. The van der Waals surface area contributed by atoms with Crippen LogP contribution in [0.15, 0.2) is 48.7 Å². The number of aromatic amines is 1. The summed E-state index contributed by atoms with van der Waals surface area (Å²) in [4.78, 5) is 15.3. The van der Waals surface area contributed by atoms with E-state index in [0.717, 1.165) is 16.5 Å². The molecule has 100 valence electrons. The molecule has 0 aliphatic rings. The molecule has 0 aliphatic heterocycles. The van der Waals surface area contributed by atoms with E-state index in [9.17, 15) is 9.18 Å². The van der Waals surface area contributed by atoms with Gasteiger partial charge in [0, 0.05) is 11.6 Å². The predicted octanol–water partition coefficient (Wildman–Crippen LogP) is 3.87. The Morgan fingerprint density at radius 3 is 2.85 bits per heavy atom. The van der Waals surface area contributed by atoms with Crippen molar-refractivity contribution in [3.05, 3.63) is 65.6 Å². The highest BCUT2D eigenvalue weighted by molar-refractivity contribution is 6.12. The number of carbonyl (C=O) groups excluding carboxylic acids is 1. The van der Waals surface area contributed by atoms with Crippen LogP contribution in [0.25, 0.3) is 10.9 Å². The van der Waals surface area contributed by atoms with Crippen molar-refractivity contribution in [3.63, 3.8) is 0 Å². The number of aryl methyl sites for hydroxylation is 1. The number of aromatic nitrogens is 1. The van der Waals surface area contributed by atoms with Gasteiger partial charge in [0.05, 0.1) is 16.8 Å². The summed E-state index contributed by atoms with van der Waals surface area (Å²) in [5.41, 5.74) is 2.24. The SMILES string of the molecule is Cc1ccc(NC(=O)c2cccc3cc[nH]c23)c(F)c1. The number of H-pyrrole nitrogens is 1. The van der Waals surface area contributed by atoms with E-state index in [-0.39, 0.29) is 11.6 Å². The second kappa shape index (κ2) is 4.81. The van der Waals surface area contributed by atoms with Gasteiger partial charge in [0.25, 0.3) is 5.91 Å². The molecule has 0 saturated carbocycles. The van der Waals surface area contributed by atoms with Crippen molar-refractivity contribution in [1.82, 2.24) is 4.98 Å². The molecule has 2 aromatic carbocycles. The molecule has 4 heteroatoms. The van der Waals surface area contributed by atoms with Crippen molar-refractivity contribution in [2.75, 3.05) is 5.32 Å². The predicted molar refractivity (Wildman–Crippen MR) is 77.4 cm³/mol. The standard InChI is InChI=1S/C16H13FN2O/c1-10-5-6-14(13(17)9-10)19-16(20)12-4-2-3-11-7-8-18-15(11)12/h2-9,18H,1H3,(H,19,20). The molecule has 0 atom stereocenters. The third-order valence-electron chi connectivity index (χ3n) is 3.20. The lowest BCUT2D eigenvalue weighted by Crippen LogP contribution is -2.13. The molecule has 1 amide bonds. The molecular weight excluding hydrogens is 255 g/mol. The second-order valence-electron chi connectivity index (χ2n) is 4.68. The number of carbonyl (C=O) groups is 1. The van der Waals surface area contributed by atoms with E-state index < -0.39 is 5.82 Å². The summed E-state index contributed by atoms with van der Waals surface area (Å²) in [6.07, 6.45) is 1.77. The van der Waals surface area contributed by atoms with Gasteiger partial charge in [0.15, 0.2) is 0 Å². The van der Waals surface area contributed by atoms with Gasteiger partial charge in [0.2, 0.25) is 0 Å². The number of benzene rings is 2. The van der Waals surface area contributed by atoms with Gasteiger partial charge in [-0.2, -0.15) is 0 Å². The lowest BCUT2D eigenvalue weighted by atomic mass is 10.1. The Morgan fingerprint density at radius 1 is 1.20 bits per heavy atom. The first-order valence-electron chi connectivity index (χ1n) is 6.29. The monoisotopic (exact) mass is 268 g/mol. The van der Waals surface area contributed by atoms with E-state index in [1.54, 1.807) is 37.4 Å². The van der Waals surface area contributed by atoms with E-state index in [1.165, 1.54) is 6.07 Å². The molecule has 0 spiro atoms. The Balaban J connectivity index is 1.95. The fraction of sp³-hybridized carbons (Fsp3) is 0.0625. The van der Waals surface area contributed by atoms with Crippen LogP contribution >= 0.6 is 0 Å². The second-order valence-corrected chi connectivity index (χ2v) is 4.68. The third-order valence-corrected chi connectivity index (χ3v) is 3.20. The number of para-hydroxylation sites is 1. The van der Waals surface area contributed by atoms with Crippen LogP contribution in [-0.2, 0) is 0 Å². The first kappa shape index (κ1) is 12.4. The molecule has 0 bridgehead atoms. The van der Waals surface area contributed by atoms with Crippen LogP contribution in [0.4, 0.5) is 10.1 Å². The Labute approximate surface area is 115 Å². The Hall–Kier alpha value is -2.62. The van der Waals surface area contributed by atoms with Gasteiger partial charge >= 0.3 is 0 Å². The van der Waals surface area contributed by atoms with Gasteiger partial charge in [-0.3, -0.25) is 4.79 Å². The summed E-state index contributed by atoms with van der Waals surface area (Å²) in [7, 11) is 0. The maximum Gasteiger partial charge on any atom is 0.257 e. The van der Waals surface area contributed by atoms with Crippen molar-refractivity contribution in [1.29, 1.82) is 0 Å². The highest BCUT2D eigenvalue weighted by Gasteiger charge is 2.12. The number of nitrogens with one attached hydrogen (secondary N) is 2. The quantitative estimate of drug-likeness (QED) is 0.728. The number of amides is 1. The van der Waals surface area contributed by atoms with Crippen molar-refractivity contribution >= 4 is 22.5 Å². The minimum atomic E-state index is -0.433. The molecule has 0 saturated heterocycles. The number of halogens is 1. The molecule has 3 nitrogen and oxygen atoms in total. The number of hydrogen-bond acceptors (Lipinski definition) is 1. The van der Waals surface area contributed by atoms with Crippen LogP contribution in [0, 0.1) is 12.7 Å². The summed E-state index contributed by atoms with van der Waals surface area (Å²) in [6, 6.07) is 12.0. The molecule has 0 aliphatic carbocycles. The highest BCUT2D eigenvalue weighted by Crippen LogP contribution is 2.20. The van der Waals surface area contributed by atoms with Crippen molar-refractivity contribution < 1.29 is 9.18 Å². The van der Waals surface area contributed by atoms with Crippen molar-refractivity contribution in [2.24, 2.45) is 0 Å². The number of anilines is 1. The maximum absolute atomic E-state index is 13.8. The zero-order valence-corrected chi connectivity index (χ0v) is 10.9. The highest BCUT2D eigenvalue weighted by atomic mass is 19.1. The van der Waals surface area contributed by atoms with Gasteiger partial charge in [-0.25, -0.2) is 4.39 Å². The molecule has 1 aromatic heterocycles. The first-order valence-corrected chi connectivity index (χ1v) is 6.29. The average molecular weight is 268 g/mol. The van der Waals surface area contributed by atoms with Crippen LogP contribution in [0.2, 0.25) is 0 Å². The summed E-state index contributed by atoms with van der Waals surface area (Å²) in [5.74, 6) is -0.766. The van der Waals surface area contributed by atoms with Gasteiger partial charge in [-0.1, -0.05) is 18.2 Å². The molecule has 0 unspecified atom stereocenters. The summed E-state index contributed by atoms with van der Waals surface area (Å²) >= 11 is 0. The molecule has 3 rings (SSSR count). The lowest BCUT2D eigenvalue weighted by Gasteiger charge is -2.08. The van der Waals surface area contributed by atoms with E-state index in [1.807, 2.05) is 12.1 Å². The Morgan fingerprint density at radius 2 is 2.05 bits per heavy atom. The van der Waals surface area contributed by atoms with Gasteiger partial charge < -0.3 is 10.3 Å².